The van der Waals surface area contributed by atoms with Crippen LogP contribution in [0.5, 0.6) is 17.2 Å². The van der Waals surface area contributed by atoms with Gasteiger partial charge in [-0.15, -0.1) is 0 Å². The summed E-state index contributed by atoms with van der Waals surface area (Å²) in [6.45, 7) is 5.78. The normalized spacial score (nSPS) is 15.8. The number of phenolic OH excluding ortho intramolecular Hbond substituents is 1. The number of ether oxygens (including phenoxy) is 3. The maximum absolute atomic E-state index is 13.6. The number of rotatable bonds is 9. The molecule has 44 heavy (non-hydrogen) atoms. The summed E-state index contributed by atoms with van der Waals surface area (Å²) in [5.74, 6) is -2.39. The fourth-order valence-corrected chi connectivity index (χ4v) is 5.90. The number of Topliss-reactive ketones (excluding diaryl/α,β-unsaturated/α-hetero) is 1. The lowest BCUT2D eigenvalue weighted by atomic mass is 9.95. The average Bonchev–Trinajstić information content (AvgIpc) is 3.52. The molecule has 0 spiro atoms. The first-order valence-corrected chi connectivity index (χ1v) is 14.6. The number of thiazole rings is 1. The molecule has 0 bridgehead atoms. The summed E-state index contributed by atoms with van der Waals surface area (Å²) in [5.41, 5.74) is 2.90. The monoisotopic (exact) mass is 614 g/mol. The Balaban J connectivity index is 1.56. The minimum absolute atomic E-state index is 0.0728. The Kier molecular flexibility index (Phi) is 8.68. The third-order valence-electron chi connectivity index (χ3n) is 7.03. The van der Waals surface area contributed by atoms with Gasteiger partial charge in [-0.25, -0.2) is 9.78 Å². The first-order chi connectivity index (χ1) is 21.1. The van der Waals surface area contributed by atoms with E-state index in [1.807, 2.05) is 31.2 Å². The molecular weight excluding hydrogens is 584 g/mol. The molecule has 4 aromatic rings. The van der Waals surface area contributed by atoms with E-state index in [9.17, 15) is 24.6 Å². The zero-order valence-electron chi connectivity index (χ0n) is 24.5. The molecule has 1 aromatic heterocycles. The van der Waals surface area contributed by atoms with Crippen molar-refractivity contribution in [3.63, 3.8) is 0 Å². The summed E-state index contributed by atoms with van der Waals surface area (Å²) in [6, 6.07) is 17.7. The Hall–Kier alpha value is -5.16. The molecule has 2 N–H and O–H groups in total. The topological polar surface area (TPSA) is 135 Å². The van der Waals surface area contributed by atoms with Crippen LogP contribution < -0.4 is 14.4 Å². The fourth-order valence-electron chi connectivity index (χ4n) is 4.91. The van der Waals surface area contributed by atoms with E-state index in [0.717, 1.165) is 27.4 Å². The first-order valence-electron chi connectivity index (χ1n) is 13.7. The van der Waals surface area contributed by atoms with Crippen molar-refractivity contribution in [3.05, 3.63) is 105 Å². The number of aryl methyl sites for hydroxylation is 2. The van der Waals surface area contributed by atoms with E-state index in [1.165, 1.54) is 25.3 Å². The predicted octanol–water partition coefficient (Wildman–Crippen LogP) is 5.86. The molecule has 5 rings (SSSR count). The summed E-state index contributed by atoms with van der Waals surface area (Å²) in [4.78, 5) is 45.4. The summed E-state index contributed by atoms with van der Waals surface area (Å²) < 4.78 is 16.3. The van der Waals surface area contributed by atoms with Crippen LogP contribution >= 0.6 is 11.3 Å². The van der Waals surface area contributed by atoms with Crippen molar-refractivity contribution in [2.75, 3.05) is 18.6 Å². The number of ketones is 1. The third-order valence-corrected chi connectivity index (χ3v) is 8.17. The van der Waals surface area contributed by atoms with Crippen LogP contribution in [0, 0.1) is 13.8 Å². The lowest BCUT2D eigenvalue weighted by Crippen LogP contribution is -2.29. The van der Waals surface area contributed by atoms with E-state index in [0.29, 0.717) is 23.6 Å². The molecular formula is C33H30N2O8S. The molecule has 1 atom stereocenters. The first kappa shape index (κ1) is 30.3. The minimum Gasteiger partial charge on any atom is -0.507 e. The number of methoxy groups -OCH3 is 1. The Morgan fingerprint density at radius 3 is 2.48 bits per heavy atom. The Morgan fingerprint density at radius 2 is 1.80 bits per heavy atom. The minimum atomic E-state index is -1.15. The van der Waals surface area contributed by atoms with Gasteiger partial charge in [0.05, 0.1) is 31.0 Å². The number of esters is 1. The van der Waals surface area contributed by atoms with Crippen molar-refractivity contribution < 1.29 is 38.8 Å². The van der Waals surface area contributed by atoms with Gasteiger partial charge in [0.25, 0.3) is 5.78 Å². The summed E-state index contributed by atoms with van der Waals surface area (Å²) in [7, 11) is 1.37. The summed E-state index contributed by atoms with van der Waals surface area (Å²) in [5, 5.41) is 21.8. The standard InChI is InChI=1S/C33H30N2O8S/c1-5-42-32(40)30-19(3)34-33(44-30)35-27(22-11-14-24(36)25(16-22)41-4)26(29(38)31(35)39)28(37)21-9-12-23(13-10-21)43-17-20-8-6-7-18(2)15-20/h6-16,27,36-37H,5,17H2,1-4H3/b28-26+. The Bertz CT molecular complexity index is 1780. The molecule has 3 aromatic carbocycles. The molecule has 2 heterocycles. The molecule has 0 radical (unpaired) electrons. The van der Waals surface area contributed by atoms with E-state index >= 15 is 0 Å². The fraction of sp³-hybridized carbons (Fsp3) is 0.212. The van der Waals surface area contributed by atoms with E-state index in [-0.39, 0.29) is 39.3 Å². The molecule has 0 aliphatic carbocycles. The third kappa shape index (κ3) is 5.86. The highest BCUT2D eigenvalue weighted by atomic mass is 32.1. The number of aliphatic hydroxyl groups excluding tert-OH is 1. The second-order valence-corrected chi connectivity index (χ2v) is 11.0. The van der Waals surface area contributed by atoms with Crippen molar-refractivity contribution in [2.45, 2.75) is 33.4 Å². The Labute approximate surface area is 257 Å². The lowest BCUT2D eigenvalue weighted by molar-refractivity contribution is -0.132. The SMILES string of the molecule is CCOC(=O)c1sc(N2C(=O)C(=O)/C(=C(/O)c3ccc(OCc4cccc(C)c4)cc3)C2c2ccc(O)c(OC)c2)nc1C. The van der Waals surface area contributed by atoms with Gasteiger partial charge < -0.3 is 24.4 Å². The van der Waals surface area contributed by atoms with Gasteiger partial charge in [0.2, 0.25) is 0 Å². The number of benzene rings is 3. The number of nitrogens with zero attached hydrogens (tertiary/aromatic N) is 2. The predicted molar refractivity (Wildman–Crippen MR) is 164 cm³/mol. The smallest absolute Gasteiger partial charge is 0.350 e. The van der Waals surface area contributed by atoms with Crippen LogP contribution in [0.4, 0.5) is 5.13 Å². The largest absolute Gasteiger partial charge is 0.507 e. The maximum Gasteiger partial charge on any atom is 0.350 e. The number of carbonyl (C=O) groups is 3. The van der Waals surface area contributed by atoms with Crippen LogP contribution in [0.25, 0.3) is 5.76 Å². The maximum atomic E-state index is 13.6. The number of hydrogen-bond donors (Lipinski definition) is 2. The van der Waals surface area contributed by atoms with Crippen LogP contribution in [-0.4, -0.2) is 46.6 Å². The van der Waals surface area contributed by atoms with E-state index in [2.05, 4.69) is 4.98 Å². The van der Waals surface area contributed by atoms with Gasteiger partial charge in [-0.05, 0) is 68.3 Å². The van der Waals surface area contributed by atoms with Crippen LogP contribution in [0.1, 0.15) is 50.6 Å². The summed E-state index contributed by atoms with van der Waals surface area (Å²) in [6.07, 6.45) is 0. The number of aromatic nitrogens is 1. The van der Waals surface area contributed by atoms with Crippen LogP contribution in [0.15, 0.2) is 72.3 Å². The summed E-state index contributed by atoms with van der Waals surface area (Å²) >= 11 is 0.904. The van der Waals surface area contributed by atoms with Crippen LogP contribution in [0.3, 0.4) is 0 Å². The second-order valence-electron chi connectivity index (χ2n) is 10.0. The molecule has 1 aliphatic heterocycles. The van der Waals surface area contributed by atoms with Gasteiger partial charge >= 0.3 is 11.9 Å². The molecule has 1 fully saturated rings. The van der Waals surface area contributed by atoms with Gasteiger partial charge in [-0.2, -0.15) is 0 Å². The second kappa shape index (κ2) is 12.6. The molecule has 1 aliphatic rings. The molecule has 1 saturated heterocycles. The van der Waals surface area contributed by atoms with Crippen molar-refractivity contribution in [1.82, 2.24) is 4.98 Å². The highest BCUT2D eigenvalue weighted by Gasteiger charge is 2.48. The highest BCUT2D eigenvalue weighted by Crippen LogP contribution is 2.45. The number of aromatic hydroxyl groups is 1. The van der Waals surface area contributed by atoms with E-state index in [1.54, 1.807) is 38.1 Å². The quantitative estimate of drug-likeness (QED) is 0.103. The molecule has 11 heteroatoms. The molecule has 10 nitrogen and oxygen atoms in total. The average molecular weight is 615 g/mol. The number of amides is 1. The van der Waals surface area contributed by atoms with E-state index < -0.39 is 29.5 Å². The van der Waals surface area contributed by atoms with Crippen LogP contribution in [0.2, 0.25) is 0 Å². The van der Waals surface area contributed by atoms with Gasteiger partial charge in [-0.3, -0.25) is 14.5 Å². The number of aliphatic hydroxyl groups is 1. The van der Waals surface area contributed by atoms with Crippen molar-refractivity contribution in [2.24, 2.45) is 0 Å². The highest BCUT2D eigenvalue weighted by molar-refractivity contribution is 7.17. The van der Waals surface area contributed by atoms with Gasteiger partial charge in [0, 0.05) is 5.56 Å². The van der Waals surface area contributed by atoms with Gasteiger partial charge in [-0.1, -0.05) is 47.2 Å². The zero-order chi connectivity index (χ0) is 31.5. The number of hydrogen-bond acceptors (Lipinski definition) is 10. The van der Waals surface area contributed by atoms with Crippen LogP contribution in [-0.2, 0) is 20.9 Å². The van der Waals surface area contributed by atoms with Gasteiger partial charge in [0.1, 0.15) is 23.0 Å². The number of phenols is 1. The van der Waals surface area contributed by atoms with Gasteiger partial charge in [0.15, 0.2) is 16.6 Å². The number of carbonyl (C=O) groups excluding carboxylic acids is 3. The molecule has 226 valence electrons. The van der Waals surface area contributed by atoms with E-state index in [4.69, 9.17) is 14.2 Å². The van der Waals surface area contributed by atoms with Crippen molar-refractivity contribution in [1.29, 1.82) is 0 Å². The molecule has 1 amide bonds. The lowest BCUT2D eigenvalue weighted by Gasteiger charge is -2.23. The molecule has 0 saturated carbocycles. The Morgan fingerprint density at radius 1 is 1.05 bits per heavy atom. The van der Waals surface area contributed by atoms with Crippen molar-refractivity contribution in [3.8, 4) is 17.2 Å². The number of anilines is 1. The van der Waals surface area contributed by atoms with Crippen molar-refractivity contribution >= 4 is 39.9 Å². The zero-order valence-corrected chi connectivity index (χ0v) is 25.3. The molecule has 1 unspecified atom stereocenters.